The van der Waals surface area contributed by atoms with E-state index in [4.69, 9.17) is 10.5 Å². The van der Waals surface area contributed by atoms with Crippen LogP contribution in [0.1, 0.15) is 10.8 Å². The Kier molecular flexibility index (Phi) is 5.98. The quantitative estimate of drug-likeness (QED) is 0.823. The fourth-order valence-electron chi connectivity index (χ4n) is 1.56. The van der Waals surface area contributed by atoms with Crippen LogP contribution in [0.5, 0.6) is 5.75 Å². The summed E-state index contributed by atoms with van der Waals surface area (Å²) in [6.07, 6.45) is 1.24. The van der Waals surface area contributed by atoms with Crippen LogP contribution in [0.25, 0.3) is 0 Å². The molecule has 0 aliphatic carbocycles. The summed E-state index contributed by atoms with van der Waals surface area (Å²) in [4.78, 5) is 0. The van der Waals surface area contributed by atoms with E-state index < -0.39 is 9.84 Å². The van der Waals surface area contributed by atoms with Gasteiger partial charge in [0.25, 0.3) is 0 Å². The smallest absolute Gasteiger partial charge is 0.148 e. The lowest BCUT2D eigenvalue weighted by molar-refractivity contribution is 0.409. The summed E-state index contributed by atoms with van der Waals surface area (Å²) in [5.41, 5.74) is 6.77. The molecule has 1 aromatic rings. The van der Waals surface area contributed by atoms with Gasteiger partial charge in [-0.3, -0.25) is 0 Å². The molecule has 0 heterocycles. The molecule has 0 aliphatic rings. The first kappa shape index (κ1) is 15.3. The van der Waals surface area contributed by atoms with Gasteiger partial charge >= 0.3 is 0 Å². The molecule has 0 amide bonds. The van der Waals surface area contributed by atoms with Gasteiger partial charge in [-0.2, -0.15) is 11.8 Å². The van der Waals surface area contributed by atoms with Crippen molar-refractivity contribution in [3.63, 3.8) is 0 Å². The van der Waals surface area contributed by atoms with E-state index in [0.717, 1.165) is 11.3 Å². The van der Waals surface area contributed by atoms with Crippen LogP contribution in [-0.4, -0.2) is 39.8 Å². The third-order valence-corrected chi connectivity index (χ3v) is 4.97. The molecular formula is C12H19NO3S2. The highest BCUT2D eigenvalue weighted by atomic mass is 32.2. The molecule has 0 radical (unpaired) electrons. The molecule has 6 heteroatoms. The van der Waals surface area contributed by atoms with Gasteiger partial charge in [0.2, 0.25) is 0 Å². The fraction of sp³-hybridized carbons (Fsp3) is 0.500. The number of sulfone groups is 1. The molecule has 1 rings (SSSR count). The van der Waals surface area contributed by atoms with Gasteiger partial charge in [0.1, 0.15) is 15.6 Å². The first-order valence-corrected chi connectivity index (χ1v) is 8.71. The van der Waals surface area contributed by atoms with E-state index in [-0.39, 0.29) is 11.0 Å². The lowest BCUT2D eigenvalue weighted by Gasteiger charge is -2.17. The van der Waals surface area contributed by atoms with E-state index in [1.807, 2.05) is 24.3 Å². The van der Waals surface area contributed by atoms with Gasteiger partial charge in [-0.25, -0.2) is 8.42 Å². The molecule has 0 saturated heterocycles. The summed E-state index contributed by atoms with van der Waals surface area (Å²) in [7, 11) is -1.30. The lowest BCUT2D eigenvalue weighted by Crippen LogP contribution is -2.13. The van der Waals surface area contributed by atoms with E-state index in [1.54, 1.807) is 18.9 Å². The number of para-hydroxylation sites is 1. The first-order chi connectivity index (χ1) is 8.48. The molecule has 18 heavy (non-hydrogen) atoms. The van der Waals surface area contributed by atoms with Crippen LogP contribution in [-0.2, 0) is 9.84 Å². The highest BCUT2D eigenvalue weighted by molar-refractivity contribution is 8.00. The Morgan fingerprint density at radius 1 is 1.39 bits per heavy atom. The summed E-state index contributed by atoms with van der Waals surface area (Å²) < 4.78 is 27.5. The molecule has 102 valence electrons. The van der Waals surface area contributed by atoms with Gasteiger partial charge < -0.3 is 10.5 Å². The molecule has 0 aliphatic heterocycles. The minimum Gasteiger partial charge on any atom is -0.496 e. The van der Waals surface area contributed by atoms with Crippen LogP contribution in [0.3, 0.4) is 0 Å². The maximum absolute atomic E-state index is 11.1. The summed E-state index contributed by atoms with van der Waals surface area (Å²) in [6, 6.07) is 7.67. The predicted molar refractivity (Wildman–Crippen MR) is 77.0 cm³/mol. The average molecular weight is 289 g/mol. The number of hydrogen-bond acceptors (Lipinski definition) is 5. The van der Waals surface area contributed by atoms with Gasteiger partial charge in [0.15, 0.2) is 0 Å². The number of benzene rings is 1. The number of methoxy groups -OCH3 is 1. The Bertz CT molecular complexity index is 474. The molecule has 0 bridgehead atoms. The highest BCUT2D eigenvalue weighted by Gasteiger charge is 2.15. The average Bonchev–Trinajstić information content (AvgIpc) is 2.33. The van der Waals surface area contributed by atoms with Crippen LogP contribution in [0.4, 0.5) is 0 Å². The van der Waals surface area contributed by atoms with E-state index in [0.29, 0.717) is 12.3 Å². The predicted octanol–water partition coefficient (Wildman–Crippen LogP) is 1.47. The molecule has 2 N–H and O–H groups in total. The van der Waals surface area contributed by atoms with Crippen molar-refractivity contribution in [3.05, 3.63) is 29.8 Å². The van der Waals surface area contributed by atoms with Crippen molar-refractivity contribution in [2.75, 3.05) is 31.4 Å². The van der Waals surface area contributed by atoms with E-state index in [2.05, 4.69) is 0 Å². The van der Waals surface area contributed by atoms with Gasteiger partial charge in [0.05, 0.1) is 12.9 Å². The van der Waals surface area contributed by atoms with Crippen LogP contribution in [0.2, 0.25) is 0 Å². The third-order valence-electron chi connectivity index (χ3n) is 2.47. The number of thioether (sulfide) groups is 1. The molecule has 0 spiro atoms. The second-order valence-corrected chi connectivity index (χ2v) is 7.54. The largest absolute Gasteiger partial charge is 0.496 e. The molecular weight excluding hydrogens is 270 g/mol. The summed E-state index contributed by atoms with van der Waals surface area (Å²) >= 11 is 1.55. The summed E-state index contributed by atoms with van der Waals surface area (Å²) in [5.74, 6) is 1.50. The van der Waals surface area contributed by atoms with Crippen LogP contribution >= 0.6 is 11.8 Å². The molecule has 0 aromatic heterocycles. The fourth-order valence-corrected chi connectivity index (χ4v) is 3.95. The van der Waals surface area contributed by atoms with Crippen molar-refractivity contribution in [1.29, 1.82) is 0 Å². The molecule has 1 aromatic carbocycles. The van der Waals surface area contributed by atoms with Crippen LogP contribution < -0.4 is 10.5 Å². The zero-order valence-electron chi connectivity index (χ0n) is 10.6. The Morgan fingerprint density at radius 2 is 2.06 bits per heavy atom. The Balaban J connectivity index is 2.71. The normalized spacial score (nSPS) is 13.3. The SMILES string of the molecule is COc1ccccc1C(CN)SCCS(C)(=O)=O. The maximum atomic E-state index is 11.1. The number of ether oxygens (including phenoxy) is 1. The van der Waals surface area contributed by atoms with Crippen molar-refractivity contribution < 1.29 is 13.2 Å². The molecule has 0 fully saturated rings. The van der Waals surface area contributed by atoms with Crippen molar-refractivity contribution in [3.8, 4) is 5.75 Å². The number of hydrogen-bond donors (Lipinski definition) is 1. The number of nitrogens with two attached hydrogens (primary N) is 1. The van der Waals surface area contributed by atoms with Crippen LogP contribution in [0.15, 0.2) is 24.3 Å². The molecule has 4 nitrogen and oxygen atoms in total. The van der Waals surface area contributed by atoms with Gasteiger partial charge in [-0.1, -0.05) is 18.2 Å². The highest BCUT2D eigenvalue weighted by Crippen LogP contribution is 2.33. The van der Waals surface area contributed by atoms with Crippen LogP contribution in [0, 0.1) is 0 Å². The monoisotopic (exact) mass is 289 g/mol. The number of rotatable bonds is 7. The minimum absolute atomic E-state index is 0.0582. The van der Waals surface area contributed by atoms with Crippen molar-refractivity contribution in [2.45, 2.75) is 5.25 Å². The second-order valence-electron chi connectivity index (χ2n) is 3.97. The van der Waals surface area contributed by atoms with E-state index >= 15 is 0 Å². The third kappa shape index (κ3) is 4.88. The summed E-state index contributed by atoms with van der Waals surface area (Å²) in [5, 5.41) is 0.0582. The van der Waals surface area contributed by atoms with Crippen molar-refractivity contribution in [1.82, 2.24) is 0 Å². The van der Waals surface area contributed by atoms with Crippen molar-refractivity contribution in [2.24, 2.45) is 5.73 Å². The Labute approximate surface area is 113 Å². The first-order valence-electron chi connectivity index (χ1n) is 5.60. The second kappa shape index (κ2) is 7.01. The summed E-state index contributed by atoms with van der Waals surface area (Å²) in [6.45, 7) is 0.453. The van der Waals surface area contributed by atoms with Gasteiger partial charge in [0, 0.05) is 29.4 Å². The molecule has 0 saturated carbocycles. The van der Waals surface area contributed by atoms with Gasteiger partial charge in [-0.15, -0.1) is 0 Å². The Hall–Kier alpha value is -0.720. The maximum Gasteiger partial charge on any atom is 0.148 e. The molecule has 1 atom stereocenters. The van der Waals surface area contributed by atoms with Gasteiger partial charge in [-0.05, 0) is 6.07 Å². The lowest BCUT2D eigenvalue weighted by atomic mass is 10.1. The minimum atomic E-state index is -2.92. The Morgan fingerprint density at radius 3 is 2.61 bits per heavy atom. The van der Waals surface area contributed by atoms with E-state index in [1.165, 1.54) is 6.26 Å². The topological polar surface area (TPSA) is 69.4 Å². The van der Waals surface area contributed by atoms with E-state index in [9.17, 15) is 8.42 Å². The molecule has 1 unspecified atom stereocenters. The zero-order chi connectivity index (χ0) is 13.6. The standard InChI is InChI=1S/C12H19NO3S2/c1-16-11-6-4-3-5-10(11)12(9-13)17-7-8-18(2,14)15/h3-6,12H,7-9,13H2,1-2H3. The zero-order valence-corrected chi connectivity index (χ0v) is 12.3. The van der Waals surface area contributed by atoms with Crippen molar-refractivity contribution >= 4 is 21.6 Å².